The Labute approximate surface area is 118 Å². The van der Waals surface area contributed by atoms with Crippen LogP contribution in [-0.2, 0) is 4.74 Å². The summed E-state index contributed by atoms with van der Waals surface area (Å²) >= 11 is 0. The lowest BCUT2D eigenvalue weighted by Gasteiger charge is -2.27. The minimum atomic E-state index is 0.155. The van der Waals surface area contributed by atoms with Gasteiger partial charge in [0.25, 0.3) is 0 Å². The number of hydrogen-bond donors (Lipinski definition) is 0. The Hall–Kier alpha value is -2.01. The Balaban J connectivity index is 1.90. The summed E-state index contributed by atoms with van der Waals surface area (Å²) < 4.78 is 16.7. The molecule has 1 fully saturated rings. The lowest BCUT2D eigenvalue weighted by atomic mass is 10.1. The first-order valence-corrected chi connectivity index (χ1v) is 6.69. The van der Waals surface area contributed by atoms with Crippen LogP contribution in [0.25, 0.3) is 0 Å². The first-order valence-electron chi connectivity index (χ1n) is 6.69. The quantitative estimate of drug-likeness (QED) is 0.841. The van der Waals surface area contributed by atoms with Crippen LogP contribution in [0.1, 0.15) is 5.56 Å². The van der Waals surface area contributed by atoms with E-state index in [0.29, 0.717) is 19.8 Å². The number of aliphatic imine (C=N–C) groups is 1. The van der Waals surface area contributed by atoms with E-state index >= 15 is 0 Å². The average Bonchev–Trinajstić information content (AvgIpc) is 2.60. The summed E-state index contributed by atoms with van der Waals surface area (Å²) in [6.07, 6.45) is 1.93. The highest BCUT2D eigenvalue weighted by Crippen LogP contribution is 2.29. The molecule has 0 radical (unpaired) electrons. The fourth-order valence-electron chi connectivity index (χ4n) is 2.30. The summed E-state index contributed by atoms with van der Waals surface area (Å²) in [5.41, 5.74) is 0.960. The topological polar surface area (TPSA) is 43.3 Å². The number of rotatable bonds is 3. The van der Waals surface area contributed by atoms with Gasteiger partial charge >= 0.3 is 0 Å². The van der Waals surface area contributed by atoms with E-state index in [0.717, 1.165) is 29.4 Å². The van der Waals surface area contributed by atoms with Crippen molar-refractivity contribution in [2.24, 2.45) is 4.99 Å². The molecule has 0 spiro atoms. The summed E-state index contributed by atoms with van der Waals surface area (Å²) in [7, 11) is 1.77. The Morgan fingerprint density at radius 1 is 1.45 bits per heavy atom. The van der Waals surface area contributed by atoms with Gasteiger partial charge in [0.05, 0.1) is 25.3 Å². The van der Waals surface area contributed by atoms with E-state index < -0.39 is 0 Å². The van der Waals surface area contributed by atoms with Gasteiger partial charge in [-0.2, -0.15) is 0 Å². The molecule has 3 rings (SSSR count). The van der Waals surface area contributed by atoms with Crippen molar-refractivity contribution in [2.75, 3.05) is 33.4 Å². The molecule has 0 aliphatic carbocycles. The van der Waals surface area contributed by atoms with Crippen molar-refractivity contribution in [3.05, 3.63) is 36.5 Å². The molecular weight excluding hydrogens is 256 g/mol. The van der Waals surface area contributed by atoms with Gasteiger partial charge in [-0.15, -0.1) is 0 Å². The molecule has 2 aliphatic rings. The van der Waals surface area contributed by atoms with Crippen LogP contribution < -0.4 is 9.47 Å². The highest BCUT2D eigenvalue weighted by Gasteiger charge is 2.23. The monoisotopic (exact) mass is 274 g/mol. The zero-order chi connectivity index (χ0) is 13.9. The third kappa shape index (κ3) is 2.36. The van der Waals surface area contributed by atoms with E-state index in [2.05, 4.69) is 11.6 Å². The molecule has 0 unspecified atom stereocenters. The van der Waals surface area contributed by atoms with Gasteiger partial charge in [-0.05, 0) is 18.3 Å². The number of amidine groups is 1. The fourth-order valence-corrected chi connectivity index (χ4v) is 2.30. The van der Waals surface area contributed by atoms with E-state index in [1.54, 1.807) is 13.2 Å². The Kier molecular flexibility index (Phi) is 3.60. The van der Waals surface area contributed by atoms with E-state index in [1.165, 1.54) is 0 Å². The smallest absolute Gasteiger partial charge is 0.145 e. The van der Waals surface area contributed by atoms with E-state index in [4.69, 9.17) is 14.2 Å². The Morgan fingerprint density at radius 2 is 2.30 bits per heavy atom. The van der Waals surface area contributed by atoms with Crippen LogP contribution in [0.15, 0.2) is 36.0 Å². The third-order valence-corrected chi connectivity index (χ3v) is 3.40. The minimum Gasteiger partial charge on any atom is -0.491 e. The maximum Gasteiger partial charge on any atom is 0.145 e. The van der Waals surface area contributed by atoms with Crippen LogP contribution in [-0.4, -0.2) is 50.3 Å². The van der Waals surface area contributed by atoms with Crippen LogP contribution in [0.5, 0.6) is 11.5 Å². The van der Waals surface area contributed by atoms with Crippen LogP contribution in [0.3, 0.4) is 0 Å². The summed E-state index contributed by atoms with van der Waals surface area (Å²) in [5, 5.41) is 0. The molecular formula is C15H18N2O3. The van der Waals surface area contributed by atoms with Gasteiger partial charge in [0, 0.05) is 13.1 Å². The molecule has 1 saturated heterocycles. The normalized spacial score (nSPS) is 20.6. The van der Waals surface area contributed by atoms with Crippen LogP contribution in [0.4, 0.5) is 0 Å². The van der Waals surface area contributed by atoms with Gasteiger partial charge in [-0.1, -0.05) is 6.58 Å². The van der Waals surface area contributed by atoms with Gasteiger partial charge in [0.2, 0.25) is 0 Å². The molecule has 0 saturated carbocycles. The van der Waals surface area contributed by atoms with Gasteiger partial charge in [-0.25, -0.2) is 0 Å². The predicted octanol–water partition coefficient (Wildman–Crippen LogP) is 1.68. The average molecular weight is 274 g/mol. The maximum absolute atomic E-state index is 5.80. The van der Waals surface area contributed by atoms with Crippen LogP contribution >= 0.6 is 0 Å². The van der Waals surface area contributed by atoms with Crippen molar-refractivity contribution < 1.29 is 14.2 Å². The Bertz CT molecular complexity index is 538. The maximum atomic E-state index is 5.80. The van der Waals surface area contributed by atoms with Gasteiger partial charge in [0.1, 0.15) is 30.0 Å². The lowest BCUT2D eigenvalue weighted by Crippen LogP contribution is -2.38. The van der Waals surface area contributed by atoms with Gasteiger partial charge in [0.15, 0.2) is 0 Å². The molecule has 0 atom stereocenters. The SMILES string of the molecule is C=CN1CCOc2cc(OC3COC3)ccc2C1=NC. The number of nitrogens with zero attached hydrogens (tertiary/aromatic N) is 2. The minimum absolute atomic E-state index is 0.155. The molecule has 5 heteroatoms. The largest absolute Gasteiger partial charge is 0.491 e. The second-order valence-electron chi connectivity index (χ2n) is 4.71. The fraction of sp³-hybridized carbons (Fsp3) is 0.400. The summed E-state index contributed by atoms with van der Waals surface area (Å²) in [4.78, 5) is 6.34. The van der Waals surface area contributed by atoms with Crippen molar-refractivity contribution in [1.82, 2.24) is 4.90 Å². The predicted molar refractivity (Wildman–Crippen MR) is 76.5 cm³/mol. The van der Waals surface area contributed by atoms with E-state index in [1.807, 2.05) is 23.1 Å². The molecule has 0 N–H and O–H groups in total. The number of hydrogen-bond acceptors (Lipinski definition) is 4. The molecule has 5 nitrogen and oxygen atoms in total. The molecule has 0 bridgehead atoms. The summed E-state index contributed by atoms with van der Waals surface area (Å²) in [6.45, 7) is 6.46. The van der Waals surface area contributed by atoms with Crippen molar-refractivity contribution in [1.29, 1.82) is 0 Å². The highest BCUT2D eigenvalue weighted by molar-refractivity contribution is 6.02. The summed E-state index contributed by atoms with van der Waals surface area (Å²) in [5.74, 6) is 2.47. The first-order chi connectivity index (χ1) is 9.81. The first kappa shape index (κ1) is 13.0. The molecule has 2 aliphatic heterocycles. The lowest BCUT2D eigenvalue weighted by molar-refractivity contribution is -0.0797. The molecule has 106 valence electrons. The molecule has 0 aromatic heterocycles. The zero-order valence-electron chi connectivity index (χ0n) is 11.5. The second-order valence-corrected chi connectivity index (χ2v) is 4.71. The van der Waals surface area contributed by atoms with Crippen molar-refractivity contribution in [3.63, 3.8) is 0 Å². The van der Waals surface area contributed by atoms with Crippen LogP contribution in [0, 0.1) is 0 Å². The Morgan fingerprint density at radius 3 is 2.95 bits per heavy atom. The van der Waals surface area contributed by atoms with Crippen LogP contribution in [0.2, 0.25) is 0 Å². The number of ether oxygens (including phenoxy) is 3. The molecule has 2 heterocycles. The van der Waals surface area contributed by atoms with Gasteiger partial charge < -0.3 is 19.1 Å². The molecule has 20 heavy (non-hydrogen) atoms. The van der Waals surface area contributed by atoms with E-state index in [-0.39, 0.29) is 6.10 Å². The third-order valence-electron chi connectivity index (χ3n) is 3.40. The highest BCUT2D eigenvalue weighted by atomic mass is 16.6. The zero-order valence-corrected chi connectivity index (χ0v) is 11.5. The molecule has 1 aromatic carbocycles. The van der Waals surface area contributed by atoms with Crippen molar-refractivity contribution in [2.45, 2.75) is 6.10 Å². The molecule has 1 aromatic rings. The number of benzene rings is 1. The van der Waals surface area contributed by atoms with Gasteiger partial charge in [-0.3, -0.25) is 4.99 Å². The summed E-state index contributed by atoms with van der Waals surface area (Å²) in [6, 6.07) is 5.85. The van der Waals surface area contributed by atoms with Crippen molar-refractivity contribution >= 4 is 5.84 Å². The van der Waals surface area contributed by atoms with Crippen molar-refractivity contribution in [3.8, 4) is 11.5 Å². The number of fused-ring (bicyclic) bond motifs is 1. The molecule has 0 amide bonds. The second kappa shape index (κ2) is 5.54. The standard InChI is InChI=1S/C15H18N2O3/c1-3-17-6-7-19-14-8-11(20-12-9-18-10-12)4-5-13(14)15(17)16-2/h3-5,8,12H,1,6-7,9-10H2,2H3. The van der Waals surface area contributed by atoms with E-state index in [9.17, 15) is 0 Å².